The van der Waals surface area contributed by atoms with E-state index in [1.54, 1.807) is 64.2 Å². The van der Waals surface area contributed by atoms with Gasteiger partial charge in [-0.15, -0.1) is 0 Å². The highest BCUT2D eigenvalue weighted by molar-refractivity contribution is 6.07. The van der Waals surface area contributed by atoms with E-state index in [1.807, 2.05) is 6.07 Å². The van der Waals surface area contributed by atoms with Gasteiger partial charge in [-0.3, -0.25) is 9.59 Å². The molecule has 4 rings (SSSR count). The Kier molecular flexibility index (Phi) is 9.08. The number of carbonyl (C=O) groups is 3. The molecule has 0 aliphatic rings. The molecule has 1 unspecified atom stereocenters. The van der Waals surface area contributed by atoms with Crippen LogP contribution in [-0.2, 0) is 4.74 Å². The number of halogens is 1. The maximum absolute atomic E-state index is 14.2. The molecule has 1 atom stereocenters. The van der Waals surface area contributed by atoms with E-state index in [9.17, 15) is 18.8 Å². The lowest BCUT2D eigenvalue weighted by Gasteiger charge is -2.29. The van der Waals surface area contributed by atoms with E-state index >= 15 is 0 Å². The summed E-state index contributed by atoms with van der Waals surface area (Å²) in [5.74, 6) is -1.37. The summed E-state index contributed by atoms with van der Waals surface area (Å²) in [6.07, 6.45) is 0.782. The molecule has 0 saturated heterocycles. The summed E-state index contributed by atoms with van der Waals surface area (Å²) in [6.45, 7) is 5.47. The van der Waals surface area contributed by atoms with E-state index in [-0.39, 0.29) is 23.4 Å². The molecule has 4 aromatic rings. The molecular formula is C31H33FN6O5. The van der Waals surface area contributed by atoms with Crippen molar-refractivity contribution in [1.29, 1.82) is 0 Å². The Bertz CT molecular complexity index is 1670. The van der Waals surface area contributed by atoms with Gasteiger partial charge in [-0.2, -0.15) is 0 Å². The van der Waals surface area contributed by atoms with Gasteiger partial charge in [0.25, 0.3) is 11.8 Å². The van der Waals surface area contributed by atoms with Crippen LogP contribution in [0.3, 0.4) is 0 Å². The van der Waals surface area contributed by atoms with Crippen molar-refractivity contribution in [2.45, 2.75) is 32.4 Å². The third kappa shape index (κ3) is 7.53. The number of likely N-dealkylation sites (N-methyl/N-ethyl adjacent to an activating group) is 1. The molecule has 1 aromatic heterocycles. The van der Waals surface area contributed by atoms with Crippen molar-refractivity contribution in [3.8, 4) is 5.75 Å². The number of carbonyl (C=O) groups excluding carboxylic acids is 3. The van der Waals surface area contributed by atoms with E-state index in [4.69, 9.17) is 15.2 Å². The second kappa shape index (κ2) is 12.7. The fraction of sp³-hybridized carbons (Fsp3) is 0.258. The second-order valence-corrected chi connectivity index (χ2v) is 10.8. The first-order chi connectivity index (χ1) is 20.4. The number of fused-ring (bicyclic) bond motifs is 1. The van der Waals surface area contributed by atoms with Crippen LogP contribution in [0.4, 0.5) is 20.7 Å². The van der Waals surface area contributed by atoms with Crippen LogP contribution < -0.4 is 21.1 Å². The summed E-state index contributed by atoms with van der Waals surface area (Å²) in [5.41, 5.74) is 6.71. The molecule has 0 bridgehead atoms. The van der Waals surface area contributed by atoms with Crippen molar-refractivity contribution in [1.82, 2.24) is 14.9 Å². The van der Waals surface area contributed by atoms with Crippen LogP contribution in [0.15, 0.2) is 67.0 Å². The molecule has 0 fully saturated rings. The van der Waals surface area contributed by atoms with E-state index in [1.165, 1.54) is 30.5 Å². The molecule has 0 aliphatic carbocycles. The zero-order chi connectivity index (χ0) is 31.3. The largest absolute Gasteiger partial charge is 0.494 e. The average Bonchev–Trinajstić information content (AvgIpc) is 2.95. The highest BCUT2D eigenvalue weighted by Crippen LogP contribution is 2.28. The van der Waals surface area contributed by atoms with Gasteiger partial charge in [0.05, 0.1) is 24.2 Å². The molecule has 0 saturated carbocycles. The smallest absolute Gasteiger partial charge is 0.410 e. The Morgan fingerprint density at radius 1 is 1.05 bits per heavy atom. The number of benzene rings is 3. The lowest BCUT2D eigenvalue weighted by molar-refractivity contribution is 0.0292. The van der Waals surface area contributed by atoms with Crippen molar-refractivity contribution in [2.24, 2.45) is 5.73 Å². The maximum atomic E-state index is 14.2. The normalized spacial score (nSPS) is 11.9. The molecule has 0 aliphatic heterocycles. The fourth-order valence-electron chi connectivity index (χ4n) is 4.33. The van der Waals surface area contributed by atoms with Crippen LogP contribution >= 0.6 is 0 Å². The second-order valence-electron chi connectivity index (χ2n) is 10.8. The van der Waals surface area contributed by atoms with E-state index in [0.717, 1.165) is 6.07 Å². The highest BCUT2D eigenvalue weighted by atomic mass is 19.1. The van der Waals surface area contributed by atoms with Crippen LogP contribution in [0, 0.1) is 5.82 Å². The van der Waals surface area contributed by atoms with E-state index < -0.39 is 35.4 Å². The van der Waals surface area contributed by atoms with Crippen molar-refractivity contribution in [2.75, 3.05) is 31.3 Å². The van der Waals surface area contributed by atoms with Gasteiger partial charge < -0.3 is 30.7 Å². The number of rotatable bonds is 9. The van der Waals surface area contributed by atoms with Gasteiger partial charge in [0.15, 0.2) is 11.6 Å². The molecule has 11 nitrogen and oxygen atoms in total. The Morgan fingerprint density at radius 3 is 2.47 bits per heavy atom. The van der Waals surface area contributed by atoms with Crippen LogP contribution in [0.5, 0.6) is 5.75 Å². The molecule has 3 amide bonds. The van der Waals surface area contributed by atoms with E-state index in [0.29, 0.717) is 28.0 Å². The van der Waals surface area contributed by atoms with Gasteiger partial charge in [0, 0.05) is 30.2 Å². The van der Waals surface area contributed by atoms with Crippen molar-refractivity contribution < 1.29 is 28.2 Å². The number of anilines is 2. The van der Waals surface area contributed by atoms with Gasteiger partial charge in [-0.05, 0) is 68.8 Å². The minimum atomic E-state index is -0.701. The van der Waals surface area contributed by atoms with Gasteiger partial charge in [-0.25, -0.2) is 19.2 Å². The number of primary amides is 1. The summed E-state index contributed by atoms with van der Waals surface area (Å²) in [5, 5.41) is 6.69. The molecule has 0 spiro atoms. The molecule has 1 heterocycles. The SMILES string of the molecule is COc1ccc(C(=O)Nc2cccc(C(CN(C)C(=O)OC(C)(C)C)Nc3ncnc4c(C(N)=O)cccc34)c2)cc1F. The Labute approximate surface area is 248 Å². The fourth-order valence-corrected chi connectivity index (χ4v) is 4.33. The first-order valence-electron chi connectivity index (χ1n) is 13.4. The summed E-state index contributed by atoms with van der Waals surface area (Å²) >= 11 is 0. The summed E-state index contributed by atoms with van der Waals surface area (Å²) in [6, 6.07) is 15.4. The molecule has 224 valence electrons. The molecule has 43 heavy (non-hydrogen) atoms. The number of methoxy groups -OCH3 is 1. The van der Waals surface area contributed by atoms with Gasteiger partial charge in [0.1, 0.15) is 17.7 Å². The molecular weight excluding hydrogens is 555 g/mol. The van der Waals surface area contributed by atoms with Crippen LogP contribution in [0.1, 0.15) is 53.1 Å². The lowest BCUT2D eigenvalue weighted by atomic mass is 10.0. The zero-order valence-electron chi connectivity index (χ0n) is 24.5. The molecule has 3 aromatic carbocycles. The summed E-state index contributed by atoms with van der Waals surface area (Å²) in [7, 11) is 2.95. The van der Waals surface area contributed by atoms with Gasteiger partial charge in [-0.1, -0.05) is 18.2 Å². The number of amides is 3. The zero-order valence-corrected chi connectivity index (χ0v) is 24.5. The number of nitrogens with two attached hydrogens (primary N) is 1. The van der Waals surface area contributed by atoms with Crippen molar-refractivity contribution in [3.63, 3.8) is 0 Å². The third-order valence-corrected chi connectivity index (χ3v) is 6.36. The Balaban J connectivity index is 1.68. The van der Waals surface area contributed by atoms with Crippen LogP contribution in [0.2, 0.25) is 0 Å². The number of nitrogens with zero attached hydrogens (tertiary/aromatic N) is 3. The van der Waals surface area contributed by atoms with Crippen molar-refractivity contribution >= 4 is 40.3 Å². The Morgan fingerprint density at radius 2 is 1.79 bits per heavy atom. The first kappa shape index (κ1) is 30.7. The monoisotopic (exact) mass is 588 g/mol. The predicted octanol–water partition coefficient (Wildman–Crippen LogP) is 5.15. The Hall–Kier alpha value is -5.26. The first-order valence-corrected chi connectivity index (χ1v) is 13.4. The van der Waals surface area contributed by atoms with Gasteiger partial charge >= 0.3 is 6.09 Å². The minimum absolute atomic E-state index is 0.0294. The molecule has 0 radical (unpaired) electrons. The number of para-hydroxylation sites is 1. The quantitative estimate of drug-likeness (QED) is 0.243. The van der Waals surface area contributed by atoms with E-state index in [2.05, 4.69) is 20.6 Å². The summed E-state index contributed by atoms with van der Waals surface area (Å²) < 4.78 is 24.7. The number of ether oxygens (including phenoxy) is 2. The van der Waals surface area contributed by atoms with Crippen LogP contribution in [0.25, 0.3) is 10.9 Å². The standard InChI is InChI=1S/C31H33FN6O5/c1-31(2,3)43-30(41)38(4)16-24(37-28-22-11-7-10-21(27(33)39)26(22)34-17-35-28)18-8-6-9-20(14-18)36-29(40)19-12-13-25(42-5)23(32)15-19/h6-15,17,24H,16H2,1-5H3,(H2,33,39)(H,36,40)(H,34,35,37). The number of nitrogens with one attached hydrogen (secondary N) is 2. The number of aromatic nitrogens is 2. The average molecular weight is 589 g/mol. The predicted molar refractivity (Wildman–Crippen MR) is 161 cm³/mol. The maximum Gasteiger partial charge on any atom is 0.410 e. The van der Waals surface area contributed by atoms with Crippen LogP contribution in [-0.4, -0.2) is 59.1 Å². The topological polar surface area (TPSA) is 149 Å². The third-order valence-electron chi connectivity index (χ3n) is 6.36. The number of hydrogen-bond acceptors (Lipinski definition) is 8. The molecule has 4 N–H and O–H groups in total. The van der Waals surface area contributed by atoms with Crippen molar-refractivity contribution in [3.05, 3.63) is 89.5 Å². The van der Waals surface area contributed by atoms with Gasteiger partial charge in [0.2, 0.25) is 0 Å². The highest BCUT2D eigenvalue weighted by Gasteiger charge is 2.24. The summed E-state index contributed by atoms with van der Waals surface area (Å²) in [4.78, 5) is 47.8. The molecule has 12 heteroatoms. The lowest BCUT2D eigenvalue weighted by Crippen LogP contribution is -2.38. The minimum Gasteiger partial charge on any atom is -0.494 e. The number of hydrogen-bond donors (Lipinski definition) is 3.